The lowest BCUT2D eigenvalue weighted by Crippen LogP contribution is -2.04. The van der Waals surface area contributed by atoms with Crippen LogP contribution in [-0.2, 0) is 9.53 Å². The van der Waals surface area contributed by atoms with Crippen LogP contribution in [0.5, 0.6) is 0 Å². The topological polar surface area (TPSA) is 26.3 Å². The second-order valence-corrected chi connectivity index (χ2v) is 4.33. The number of carbonyl (C=O) groups excluding carboxylic acids is 1. The lowest BCUT2D eigenvalue weighted by molar-refractivity contribution is -0.136. The molecule has 0 fully saturated rings. The second kappa shape index (κ2) is 8.18. The molecule has 0 atom stereocenters. The standard InChI is InChI=1S/C14H22O2/c1-16-14(15)13-11-9-7-5-3-2-4-6-8-10-12-13/h9H,2-8,10,12H2,1H3. The van der Waals surface area contributed by atoms with Crippen LogP contribution >= 0.6 is 0 Å². The lowest BCUT2D eigenvalue weighted by Gasteiger charge is -2.05. The van der Waals surface area contributed by atoms with E-state index >= 15 is 0 Å². The normalized spacial score (nSPS) is 19.2. The van der Waals surface area contributed by atoms with Crippen LogP contribution < -0.4 is 0 Å². The molecule has 2 heteroatoms. The first-order valence-electron chi connectivity index (χ1n) is 6.37. The Bertz CT molecular complexity index is 272. The summed E-state index contributed by atoms with van der Waals surface area (Å²) in [4.78, 5) is 11.4. The van der Waals surface area contributed by atoms with E-state index in [0.29, 0.717) is 5.57 Å². The summed E-state index contributed by atoms with van der Waals surface area (Å²) in [5.74, 6) is -0.215. The zero-order valence-corrected chi connectivity index (χ0v) is 10.3. The minimum atomic E-state index is -0.215. The van der Waals surface area contributed by atoms with Gasteiger partial charge in [0.15, 0.2) is 0 Å². The van der Waals surface area contributed by atoms with Gasteiger partial charge in [-0.3, -0.25) is 0 Å². The van der Waals surface area contributed by atoms with Crippen LogP contribution in [0.15, 0.2) is 17.4 Å². The third kappa shape index (κ3) is 5.18. The van der Waals surface area contributed by atoms with Crippen LogP contribution in [0.3, 0.4) is 0 Å². The van der Waals surface area contributed by atoms with Gasteiger partial charge in [0.1, 0.15) is 0 Å². The Morgan fingerprint density at radius 1 is 1.12 bits per heavy atom. The molecule has 1 aliphatic rings. The molecule has 0 unspecified atom stereocenters. The third-order valence-electron chi connectivity index (χ3n) is 2.98. The molecule has 2 nitrogen and oxygen atoms in total. The summed E-state index contributed by atoms with van der Waals surface area (Å²) in [5, 5.41) is 0. The Kier molecular flexibility index (Phi) is 6.67. The first-order valence-corrected chi connectivity index (χ1v) is 6.37. The Hall–Kier alpha value is -1.01. The molecule has 0 saturated carbocycles. The lowest BCUT2D eigenvalue weighted by atomic mass is 10.0. The van der Waals surface area contributed by atoms with Crippen LogP contribution in [0.25, 0.3) is 0 Å². The van der Waals surface area contributed by atoms with Crippen LogP contribution in [0.4, 0.5) is 0 Å². The maximum Gasteiger partial charge on any atom is 0.341 e. The van der Waals surface area contributed by atoms with Crippen molar-refractivity contribution < 1.29 is 9.53 Å². The van der Waals surface area contributed by atoms with E-state index < -0.39 is 0 Å². The summed E-state index contributed by atoms with van der Waals surface area (Å²) < 4.78 is 4.76. The molecule has 0 radical (unpaired) electrons. The Labute approximate surface area is 98.4 Å². The minimum absolute atomic E-state index is 0.215. The molecule has 0 aromatic rings. The minimum Gasteiger partial charge on any atom is -0.465 e. The first kappa shape index (κ1) is 13.1. The van der Waals surface area contributed by atoms with Crippen molar-refractivity contribution in [2.24, 2.45) is 0 Å². The summed E-state index contributed by atoms with van der Waals surface area (Å²) >= 11 is 0. The molecular weight excluding hydrogens is 200 g/mol. The Morgan fingerprint density at radius 2 is 1.75 bits per heavy atom. The van der Waals surface area contributed by atoms with Gasteiger partial charge in [0.25, 0.3) is 0 Å². The van der Waals surface area contributed by atoms with Crippen molar-refractivity contribution >= 4 is 5.97 Å². The highest BCUT2D eigenvalue weighted by Crippen LogP contribution is 2.14. The van der Waals surface area contributed by atoms with E-state index in [1.807, 2.05) is 6.08 Å². The van der Waals surface area contributed by atoms with E-state index in [4.69, 9.17) is 4.74 Å². The van der Waals surface area contributed by atoms with E-state index in [1.54, 1.807) is 0 Å². The smallest absolute Gasteiger partial charge is 0.341 e. The van der Waals surface area contributed by atoms with Gasteiger partial charge >= 0.3 is 5.97 Å². The van der Waals surface area contributed by atoms with E-state index in [2.05, 4.69) is 5.73 Å². The summed E-state index contributed by atoms with van der Waals surface area (Å²) in [6.45, 7) is 0. The quantitative estimate of drug-likeness (QED) is 0.498. The molecule has 0 aromatic heterocycles. The van der Waals surface area contributed by atoms with Gasteiger partial charge in [-0.2, -0.15) is 0 Å². The maximum absolute atomic E-state index is 11.4. The molecule has 0 bridgehead atoms. The SMILES string of the molecule is COC(=O)C1=C=CCCCCCCCCC1. The Balaban J connectivity index is 2.59. The van der Waals surface area contributed by atoms with Crippen molar-refractivity contribution in [2.45, 2.75) is 57.8 Å². The van der Waals surface area contributed by atoms with Crippen LogP contribution in [0, 0.1) is 0 Å². The number of hydrogen-bond acceptors (Lipinski definition) is 2. The molecular formula is C14H22O2. The fourth-order valence-electron chi connectivity index (χ4n) is 1.98. The van der Waals surface area contributed by atoms with Crippen molar-refractivity contribution in [1.82, 2.24) is 0 Å². The van der Waals surface area contributed by atoms with Crippen molar-refractivity contribution in [3.8, 4) is 0 Å². The van der Waals surface area contributed by atoms with Gasteiger partial charge in [-0.25, -0.2) is 4.79 Å². The maximum atomic E-state index is 11.4. The fourth-order valence-corrected chi connectivity index (χ4v) is 1.98. The average Bonchev–Trinajstić information content (AvgIpc) is 2.29. The first-order chi connectivity index (χ1) is 7.84. The van der Waals surface area contributed by atoms with Gasteiger partial charge < -0.3 is 4.74 Å². The van der Waals surface area contributed by atoms with Crippen molar-refractivity contribution in [2.75, 3.05) is 7.11 Å². The predicted octanol–water partition coefficient (Wildman–Crippen LogP) is 3.77. The van der Waals surface area contributed by atoms with Gasteiger partial charge in [0, 0.05) is 0 Å². The molecule has 1 rings (SSSR count). The molecule has 0 N–H and O–H groups in total. The number of esters is 1. The summed E-state index contributed by atoms with van der Waals surface area (Å²) in [7, 11) is 1.44. The van der Waals surface area contributed by atoms with Crippen molar-refractivity contribution in [3.05, 3.63) is 17.4 Å². The predicted molar refractivity (Wildman–Crippen MR) is 65.2 cm³/mol. The molecule has 0 spiro atoms. The second-order valence-electron chi connectivity index (χ2n) is 4.33. The highest BCUT2D eigenvalue weighted by molar-refractivity contribution is 5.87. The average molecular weight is 222 g/mol. The van der Waals surface area contributed by atoms with Gasteiger partial charge in [0.2, 0.25) is 0 Å². The van der Waals surface area contributed by atoms with E-state index in [1.165, 1.54) is 45.6 Å². The number of rotatable bonds is 1. The van der Waals surface area contributed by atoms with Gasteiger partial charge in [-0.05, 0) is 31.8 Å². The third-order valence-corrected chi connectivity index (χ3v) is 2.98. The monoisotopic (exact) mass is 222 g/mol. The highest BCUT2D eigenvalue weighted by Gasteiger charge is 2.08. The van der Waals surface area contributed by atoms with E-state index in [0.717, 1.165) is 19.3 Å². The summed E-state index contributed by atoms with van der Waals surface area (Å²) in [5.41, 5.74) is 3.82. The van der Waals surface area contributed by atoms with Crippen LogP contribution in [-0.4, -0.2) is 13.1 Å². The van der Waals surface area contributed by atoms with E-state index in [-0.39, 0.29) is 5.97 Å². The van der Waals surface area contributed by atoms with Gasteiger partial charge in [-0.1, -0.05) is 32.1 Å². The molecule has 1 aliphatic carbocycles. The van der Waals surface area contributed by atoms with Crippen LogP contribution in [0.1, 0.15) is 57.8 Å². The molecule has 0 saturated heterocycles. The molecule has 0 amide bonds. The zero-order chi connectivity index (χ0) is 11.6. The zero-order valence-electron chi connectivity index (χ0n) is 10.3. The molecule has 0 aromatic carbocycles. The summed E-state index contributed by atoms with van der Waals surface area (Å²) in [6, 6.07) is 0. The van der Waals surface area contributed by atoms with Gasteiger partial charge in [0.05, 0.1) is 12.7 Å². The van der Waals surface area contributed by atoms with E-state index in [9.17, 15) is 4.79 Å². The fraction of sp³-hybridized carbons (Fsp3) is 0.714. The highest BCUT2D eigenvalue weighted by atomic mass is 16.5. The number of ether oxygens (including phenoxy) is 1. The number of hydrogen-bond donors (Lipinski definition) is 0. The van der Waals surface area contributed by atoms with Crippen LogP contribution in [0.2, 0.25) is 0 Å². The largest absolute Gasteiger partial charge is 0.465 e. The number of carbonyl (C=O) groups is 1. The Morgan fingerprint density at radius 3 is 2.44 bits per heavy atom. The molecule has 90 valence electrons. The van der Waals surface area contributed by atoms with Crippen molar-refractivity contribution in [3.63, 3.8) is 0 Å². The molecule has 16 heavy (non-hydrogen) atoms. The van der Waals surface area contributed by atoms with Crippen molar-refractivity contribution in [1.29, 1.82) is 0 Å². The molecule has 0 aliphatic heterocycles. The molecule has 0 heterocycles. The van der Waals surface area contributed by atoms with Gasteiger partial charge in [-0.15, -0.1) is 5.73 Å². The summed E-state index contributed by atoms with van der Waals surface area (Å²) in [6.07, 6.45) is 12.6. The number of methoxy groups -OCH3 is 1.